The summed E-state index contributed by atoms with van der Waals surface area (Å²) in [7, 11) is 0. The molecule has 0 spiro atoms. The van der Waals surface area contributed by atoms with Gasteiger partial charge < -0.3 is 10.6 Å². The molecule has 0 amide bonds. The molecule has 1 aromatic heterocycles. The van der Waals surface area contributed by atoms with Crippen LogP contribution in [-0.4, -0.2) is 11.8 Å². The van der Waals surface area contributed by atoms with Crippen molar-refractivity contribution in [2.24, 2.45) is 10.9 Å². The van der Waals surface area contributed by atoms with E-state index in [1.165, 1.54) is 11.3 Å². The normalized spacial score (nSPS) is 11.3. The first-order valence-corrected chi connectivity index (χ1v) is 6.27. The van der Waals surface area contributed by atoms with E-state index in [1.54, 1.807) is 30.3 Å². The van der Waals surface area contributed by atoms with E-state index in [1.807, 2.05) is 11.4 Å². The summed E-state index contributed by atoms with van der Waals surface area (Å²) in [6.07, 6.45) is 0. The van der Waals surface area contributed by atoms with Crippen LogP contribution in [0.4, 0.5) is 0 Å². The van der Waals surface area contributed by atoms with Gasteiger partial charge >= 0.3 is 5.97 Å². The Bertz CT molecular complexity index is 582. The van der Waals surface area contributed by atoms with Crippen molar-refractivity contribution in [2.45, 2.75) is 0 Å². The number of amidine groups is 1. The highest BCUT2D eigenvalue weighted by Gasteiger charge is 2.11. The second kappa shape index (κ2) is 5.66. The first kappa shape index (κ1) is 12.6. The lowest BCUT2D eigenvalue weighted by molar-refractivity contribution is 0.0516. The number of hydrogen-bond acceptors (Lipinski definition) is 4. The molecule has 0 bridgehead atoms. The summed E-state index contributed by atoms with van der Waals surface area (Å²) in [4.78, 5) is 17.2. The van der Waals surface area contributed by atoms with Gasteiger partial charge in [0.1, 0.15) is 0 Å². The van der Waals surface area contributed by atoms with E-state index in [0.29, 0.717) is 5.02 Å². The second-order valence-electron chi connectivity index (χ2n) is 3.31. The largest absolute Gasteiger partial charge is 0.380 e. The zero-order chi connectivity index (χ0) is 13.0. The molecule has 0 radical (unpaired) electrons. The van der Waals surface area contributed by atoms with E-state index < -0.39 is 5.97 Å². The third-order valence-corrected chi connectivity index (χ3v) is 3.32. The van der Waals surface area contributed by atoms with E-state index in [9.17, 15) is 4.79 Å². The van der Waals surface area contributed by atoms with Crippen LogP contribution in [0.3, 0.4) is 0 Å². The number of hydrogen-bond donors (Lipinski definition) is 1. The van der Waals surface area contributed by atoms with Gasteiger partial charge in [-0.15, -0.1) is 11.3 Å². The van der Waals surface area contributed by atoms with E-state index in [2.05, 4.69) is 5.16 Å². The maximum atomic E-state index is 11.7. The van der Waals surface area contributed by atoms with Gasteiger partial charge in [-0.1, -0.05) is 35.0 Å². The lowest BCUT2D eigenvalue weighted by Crippen LogP contribution is -2.13. The number of thiophene rings is 1. The summed E-state index contributed by atoms with van der Waals surface area (Å²) in [5, 5.41) is 5.75. The average molecular weight is 281 g/mol. The summed E-state index contributed by atoms with van der Waals surface area (Å²) in [6, 6.07) is 10.2. The van der Waals surface area contributed by atoms with Crippen LogP contribution in [0.5, 0.6) is 0 Å². The Morgan fingerprint density at radius 2 is 2.06 bits per heavy atom. The fourth-order valence-electron chi connectivity index (χ4n) is 1.24. The minimum absolute atomic E-state index is 0.158. The molecule has 0 saturated carbocycles. The van der Waals surface area contributed by atoms with Gasteiger partial charge in [0, 0.05) is 0 Å². The third kappa shape index (κ3) is 2.88. The van der Waals surface area contributed by atoms with Crippen molar-refractivity contribution in [3.8, 4) is 0 Å². The molecule has 0 saturated heterocycles. The Balaban J connectivity index is 2.09. The third-order valence-electron chi connectivity index (χ3n) is 2.09. The molecular weight excluding hydrogens is 272 g/mol. The Hall–Kier alpha value is -1.85. The molecule has 2 N–H and O–H groups in total. The zero-order valence-corrected chi connectivity index (χ0v) is 10.7. The van der Waals surface area contributed by atoms with E-state index in [4.69, 9.17) is 22.2 Å². The lowest BCUT2D eigenvalue weighted by atomic mass is 10.2. The van der Waals surface area contributed by atoms with Gasteiger partial charge in [0.25, 0.3) is 0 Å². The van der Waals surface area contributed by atoms with Gasteiger partial charge in [-0.2, -0.15) is 0 Å². The molecule has 18 heavy (non-hydrogen) atoms. The van der Waals surface area contributed by atoms with Gasteiger partial charge in [0.2, 0.25) is 0 Å². The van der Waals surface area contributed by atoms with Crippen LogP contribution in [0.1, 0.15) is 15.2 Å². The van der Waals surface area contributed by atoms with Crippen LogP contribution in [0.25, 0.3) is 0 Å². The number of carbonyl (C=O) groups excluding carboxylic acids is 1. The van der Waals surface area contributed by atoms with Gasteiger partial charge in [-0.05, 0) is 23.6 Å². The minimum Gasteiger partial charge on any atom is -0.380 e. The zero-order valence-electron chi connectivity index (χ0n) is 9.17. The average Bonchev–Trinajstić information content (AvgIpc) is 2.90. The predicted molar refractivity (Wildman–Crippen MR) is 71.9 cm³/mol. The first-order chi connectivity index (χ1) is 8.68. The lowest BCUT2D eigenvalue weighted by Gasteiger charge is -2.01. The van der Waals surface area contributed by atoms with E-state index in [0.717, 1.165) is 4.88 Å². The van der Waals surface area contributed by atoms with Gasteiger partial charge in [-0.25, -0.2) is 4.79 Å². The number of rotatable bonds is 3. The summed E-state index contributed by atoms with van der Waals surface area (Å²) in [5.41, 5.74) is 5.91. The molecule has 0 aliphatic rings. The van der Waals surface area contributed by atoms with E-state index >= 15 is 0 Å². The fraction of sp³-hybridized carbons (Fsp3) is 0. The molecule has 2 rings (SSSR count). The Kier molecular flexibility index (Phi) is 3.96. The predicted octanol–water partition coefficient (Wildman–Crippen LogP) is 2.88. The van der Waals surface area contributed by atoms with E-state index in [-0.39, 0.29) is 11.4 Å². The Morgan fingerprint density at radius 3 is 2.72 bits per heavy atom. The summed E-state index contributed by atoms with van der Waals surface area (Å²) in [5.74, 6) is -0.481. The van der Waals surface area contributed by atoms with Crippen molar-refractivity contribution in [2.75, 3.05) is 0 Å². The highest BCUT2D eigenvalue weighted by molar-refractivity contribution is 7.12. The van der Waals surface area contributed by atoms with Crippen LogP contribution >= 0.6 is 22.9 Å². The van der Waals surface area contributed by atoms with Gasteiger partial charge in [0.05, 0.1) is 15.5 Å². The SMILES string of the molecule is N/C(=N\OC(=O)c1ccccc1Cl)c1cccs1. The van der Waals surface area contributed by atoms with Crippen LogP contribution in [-0.2, 0) is 4.84 Å². The van der Waals surface area contributed by atoms with Crippen LogP contribution in [0, 0.1) is 0 Å². The number of carbonyl (C=O) groups is 1. The second-order valence-corrected chi connectivity index (χ2v) is 4.67. The molecule has 92 valence electrons. The molecule has 0 unspecified atom stereocenters. The standard InChI is InChI=1S/C12H9ClN2O2S/c13-9-5-2-1-4-8(9)12(16)17-15-11(14)10-6-3-7-18-10/h1-7H,(H2,14,15). The van der Waals surface area contributed by atoms with Crippen molar-refractivity contribution < 1.29 is 9.63 Å². The molecule has 0 fully saturated rings. The summed E-state index contributed by atoms with van der Waals surface area (Å²) < 4.78 is 0. The molecular formula is C12H9ClN2O2S. The Labute approximate surface area is 113 Å². The molecule has 0 aliphatic heterocycles. The molecule has 1 aromatic carbocycles. The monoisotopic (exact) mass is 280 g/mol. The molecule has 2 aromatic rings. The molecule has 1 heterocycles. The number of nitrogens with two attached hydrogens (primary N) is 1. The quantitative estimate of drug-likeness (QED) is 0.407. The number of benzene rings is 1. The van der Waals surface area contributed by atoms with Crippen molar-refractivity contribution in [3.05, 3.63) is 57.2 Å². The minimum atomic E-state index is -0.639. The number of halogens is 1. The number of oxime groups is 1. The molecule has 0 atom stereocenters. The molecule has 6 heteroatoms. The molecule has 4 nitrogen and oxygen atoms in total. The van der Waals surface area contributed by atoms with Gasteiger partial charge in [-0.3, -0.25) is 0 Å². The molecule has 0 aliphatic carbocycles. The maximum absolute atomic E-state index is 11.7. The number of nitrogens with zero attached hydrogens (tertiary/aromatic N) is 1. The van der Waals surface area contributed by atoms with Crippen molar-refractivity contribution in [1.29, 1.82) is 0 Å². The summed E-state index contributed by atoms with van der Waals surface area (Å²) >= 11 is 7.26. The first-order valence-electron chi connectivity index (χ1n) is 5.01. The highest BCUT2D eigenvalue weighted by Crippen LogP contribution is 2.16. The highest BCUT2D eigenvalue weighted by atomic mass is 35.5. The Morgan fingerprint density at radius 1 is 1.28 bits per heavy atom. The fourth-order valence-corrected chi connectivity index (χ4v) is 2.07. The smallest absolute Gasteiger partial charge is 0.367 e. The van der Waals surface area contributed by atoms with Crippen molar-refractivity contribution in [3.63, 3.8) is 0 Å². The van der Waals surface area contributed by atoms with Crippen LogP contribution < -0.4 is 5.73 Å². The topological polar surface area (TPSA) is 64.7 Å². The van der Waals surface area contributed by atoms with Crippen LogP contribution in [0.2, 0.25) is 5.02 Å². The van der Waals surface area contributed by atoms with Crippen LogP contribution in [0.15, 0.2) is 46.9 Å². The van der Waals surface area contributed by atoms with Crippen molar-refractivity contribution in [1.82, 2.24) is 0 Å². The summed E-state index contributed by atoms with van der Waals surface area (Å²) in [6.45, 7) is 0. The van der Waals surface area contributed by atoms with Crippen molar-refractivity contribution >= 4 is 34.7 Å². The van der Waals surface area contributed by atoms with Gasteiger partial charge in [0.15, 0.2) is 5.84 Å². The maximum Gasteiger partial charge on any atom is 0.367 e.